The topological polar surface area (TPSA) is 55.1 Å². The molecule has 0 N–H and O–H groups in total. The van der Waals surface area contributed by atoms with Gasteiger partial charge in [-0.3, -0.25) is 0 Å². The summed E-state index contributed by atoms with van der Waals surface area (Å²) in [5, 5.41) is 1.97. The van der Waals surface area contributed by atoms with Gasteiger partial charge in [-0.2, -0.15) is 0 Å². The summed E-state index contributed by atoms with van der Waals surface area (Å²) in [6.45, 7) is 4.71. The molecular formula is C60H42N4O. The summed E-state index contributed by atoms with van der Waals surface area (Å²) >= 11 is 0. The van der Waals surface area contributed by atoms with E-state index in [4.69, 9.17) is 19.4 Å². The number of hydrogen-bond donors (Lipinski definition) is 0. The van der Waals surface area contributed by atoms with E-state index in [1.165, 1.54) is 39.1 Å². The van der Waals surface area contributed by atoms with Crippen LogP contribution < -0.4 is 4.90 Å². The lowest BCUT2D eigenvalue weighted by Gasteiger charge is -2.32. The molecule has 5 heteroatoms. The molecule has 0 fully saturated rings. The molecule has 0 unspecified atom stereocenters. The Morgan fingerprint density at radius 3 is 1.65 bits per heavy atom. The Kier molecular flexibility index (Phi) is 9.09. The maximum absolute atomic E-state index is 6.52. The highest BCUT2D eigenvalue weighted by molar-refractivity contribution is 6.13. The highest BCUT2D eigenvalue weighted by Gasteiger charge is 2.38. The zero-order chi connectivity index (χ0) is 43.5. The van der Waals surface area contributed by atoms with Crippen molar-refractivity contribution in [3.63, 3.8) is 0 Å². The zero-order valence-corrected chi connectivity index (χ0v) is 36.0. The first-order valence-electron chi connectivity index (χ1n) is 22.1. The highest BCUT2D eigenvalue weighted by atomic mass is 16.3. The summed E-state index contributed by atoms with van der Waals surface area (Å²) in [5.74, 6) is 1.83. The van der Waals surface area contributed by atoms with Gasteiger partial charge in [0.2, 0.25) is 0 Å². The van der Waals surface area contributed by atoms with E-state index < -0.39 is 0 Å². The lowest BCUT2D eigenvalue weighted by Crippen LogP contribution is -2.20. The van der Waals surface area contributed by atoms with Gasteiger partial charge in [0.1, 0.15) is 11.2 Å². The van der Waals surface area contributed by atoms with Crippen LogP contribution in [0.25, 0.3) is 89.5 Å². The number of hydrogen-bond acceptors (Lipinski definition) is 5. The molecule has 0 bridgehead atoms. The lowest BCUT2D eigenvalue weighted by molar-refractivity contribution is 0.661. The van der Waals surface area contributed by atoms with Crippen LogP contribution in [0.15, 0.2) is 223 Å². The largest absolute Gasteiger partial charge is 0.456 e. The third kappa shape index (κ3) is 6.59. The lowest BCUT2D eigenvalue weighted by atomic mass is 9.81. The number of aromatic nitrogens is 3. The zero-order valence-electron chi connectivity index (χ0n) is 36.0. The summed E-state index contributed by atoms with van der Waals surface area (Å²) in [6, 6.07) is 76.9. The van der Waals surface area contributed by atoms with Gasteiger partial charge in [-0.15, -0.1) is 0 Å². The number of furan rings is 1. The first-order chi connectivity index (χ1) is 32.0. The average Bonchev–Trinajstić information content (AvgIpc) is 3.86. The number of benzene rings is 9. The number of rotatable bonds is 8. The quantitative estimate of drug-likeness (QED) is 0.153. The van der Waals surface area contributed by atoms with Crippen molar-refractivity contribution >= 4 is 39.0 Å². The van der Waals surface area contributed by atoms with Crippen LogP contribution in [0.3, 0.4) is 0 Å². The van der Waals surface area contributed by atoms with Crippen LogP contribution in [-0.2, 0) is 5.41 Å². The highest BCUT2D eigenvalue weighted by Crippen LogP contribution is 2.54. The molecule has 2 aromatic heterocycles. The average molecular weight is 835 g/mol. The molecule has 65 heavy (non-hydrogen) atoms. The summed E-state index contributed by atoms with van der Waals surface area (Å²) in [4.78, 5) is 17.6. The van der Waals surface area contributed by atoms with Crippen molar-refractivity contribution in [3.8, 4) is 67.5 Å². The van der Waals surface area contributed by atoms with Crippen LogP contribution in [0.2, 0.25) is 0 Å². The van der Waals surface area contributed by atoms with E-state index in [2.05, 4.69) is 164 Å². The Hall–Kier alpha value is -8.41. The minimum Gasteiger partial charge on any atom is -0.456 e. The first kappa shape index (κ1) is 38.3. The number of anilines is 3. The minimum atomic E-state index is -0.201. The fourth-order valence-corrected chi connectivity index (χ4v) is 9.81. The Morgan fingerprint density at radius 1 is 0.385 bits per heavy atom. The third-order valence-electron chi connectivity index (χ3n) is 12.9. The van der Waals surface area contributed by atoms with Crippen molar-refractivity contribution in [3.05, 3.63) is 230 Å². The predicted molar refractivity (Wildman–Crippen MR) is 267 cm³/mol. The van der Waals surface area contributed by atoms with Crippen molar-refractivity contribution in [1.82, 2.24) is 15.0 Å². The van der Waals surface area contributed by atoms with E-state index >= 15 is 0 Å². The Morgan fingerprint density at radius 2 is 0.923 bits per heavy atom. The standard InChI is InChI=1S/C60H42N4O/c1-60(2)51-28-13-12-25-47(51)48-26-15-29-52(56(48)60)64(46-24-14-23-43(37-46)39-17-6-3-7-18-39)45-34-31-40(32-35-45)44-33-36-53-50(38-44)55-49(27-16-30-54(55)65-53)59-62-57(41-19-8-4-9-20-41)61-58(63-59)42-21-10-5-11-22-42/h3-38H,1-2H3. The van der Waals surface area contributed by atoms with E-state index in [0.29, 0.717) is 17.5 Å². The van der Waals surface area contributed by atoms with E-state index in [1.54, 1.807) is 0 Å². The van der Waals surface area contributed by atoms with Crippen LogP contribution >= 0.6 is 0 Å². The number of fused-ring (bicyclic) bond motifs is 6. The fourth-order valence-electron chi connectivity index (χ4n) is 9.81. The van der Waals surface area contributed by atoms with E-state index in [-0.39, 0.29) is 5.41 Å². The van der Waals surface area contributed by atoms with Gasteiger partial charge < -0.3 is 9.32 Å². The molecule has 308 valence electrons. The van der Waals surface area contributed by atoms with Crippen molar-refractivity contribution in [2.24, 2.45) is 0 Å². The smallest absolute Gasteiger partial charge is 0.164 e. The second-order valence-electron chi connectivity index (χ2n) is 17.2. The predicted octanol–water partition coefficient (Wildman–Crippen LogP) is 15.9. The normalized spacial score (nSPS) is 12.6. The van der Waals surface area contributed by atoms with E-state index in [1.807, 2.05) is 72.8 Å². The molecule has 12 rings (SSSR count). The fraction of sp³-hybridized carbons (Fsp3) is 0.0500. The van der Waals surface area contributed by atoms with E-state index in [0.717, 1.165) is 61.1 Å². The monoisotopic (exact) mass is 834 g/mol. The molecule has 0 saturated heterocycles. The molecule has 2 heterocycles. The molecule has 0 saturated carbocycles. The van der Waals surface area contributed by atoms with Crippen molar-refractivity contribution < 1.29 is 4.42 Å². The SMILES string of the molecule is CC1(C)c2ccccc2-c2cccc(N(c3ccc(-c4ccc5oc6cccc(-c7nc(-c8ccccc8)nc(-c8ccccc8)n7)c6c5c4)cc3)c3cccc(-c4ccccc4)c3)c21. The summed E-state index contributed by atoms with van der Waals surface area (Å²) in [6.07, 6.45) is 0. The van der Waals surface area contributed by atoms with Crippen LogP contribution in [-0.4, -0.2) is 15.0 Å². The van der Waals surface area contributed by atoms with Crippen LogP contribution in [0, 0.1) is 0 Å². The summed E-state index contributed by atoms with van der Waals surface area (Å²) < 4.78 is 6.52. The van der Waals surface area contributed by atoms with Crippen molar-refractivity contribution in [2.45, 2.75) is 19.3 Å². The van der Waals surface area contributed by atoms with Gasteiger partial charge in [-0.05, 0) is 93.0 Å². The van der Waals surface area contributed by atoms with Gasteiger partial charge in [0.25, 0.3) is 0 Å². The molecule has 1 aliphatic rings. The molecule has 1 aliphatic carbocycles. The summed E-state index contributed by atoms with van der Waals surface area (Å²) in [5.41, 5.74) is 17.3. The second kappa shape index (κ2) is 15.4. The molecule has 0 radical (unpaired) electrons. The third-order valence-corrected chi connectivity index (χ3v) is 12.9. The molecule has 11 aromatic rings. The van der Waals surface area contributed by atoms with Crippen molar-refractivity contribution in [1.29, 1.82) is 0 Å². The molecule has 0 aliphatic heterocycles. The minimum absolute atomic E-state index is 0.201. The van der Waals surface area contributed by atoms with Crippen LogP contribution in [0.1, 0.15) is 25.0 Å². The number of nitrogens with zero attached hydrogens (tertiary/aromatic N) is 4. The van der Waals surface area contributed by atoms with Crippen LogP contribution in [0.4, 0.5) is 17.1 Å². The van der Waals surface area contributed by atoms with E-state index in [9.17, 15) is 0 Å². The molecule has 5 nitrogen and oxygen atoms in total. The van der Waals surface area contributed by atoms with Gasteiger partial charge in [-0.1, -0.05) is 184 Å². The Bertz CT molecular complexity index is 3500. The Balaban J connectivity index is 0.980. The maximum atomic E-state index is 6.52. The molecule has 0 amide bonds. The van der Waals surface area contributed by atoms with Crippen LogP contribution in [0.5, 0.6) is 0 Å². The second-order valence-corrected chi connectivity index (χ2v) is 17.2. The first-order valence-corrected chi connectivity index (χ1v) is 22.1. The van der Waals surface area contributed by atoms with Gasteiger partial charge in [0, 0.05) is 44.3 Å². The maximum Gasteiger partial charge on any atom is 0.164 e. The molecule has 9 aromatic carbocycles. The van der Waals surface area contributed by atoms with Gasteiger partial charge >= 0.3 is 0 Å². The summed E-state index contributed by atoms with van der Waals surface area (Å²) in [7, 11) is 0. The van der Waals surface area contributed by atoms with Gasteiger partial charge in [0.15, 0.2) is 17.5 Å². The van der Waals surface area contributed by atoms with Crippen molar-refractivity contribution in [2.75, 3.05) is 4.90 Å². The van der Waals surface area contributed by atoms with Gasteiger partial charge in [0.05, 0.1) is 5.69 Å². The van der Waals surface area contributed by atoms with Gasteiger partial charge in [-0.25, -0.2) is 15.0 Å². The Labute approximate surface area is 378 Å². The molecule has 0 spiro atoms. The molecule has 0 atom stereocenters. The molecular weight excluding hydrogens is 793 g/mol.